The van der Waals surface area contributed by atoms with Gasteiger partial charge in [-0.2, -0.15) is 5.26 Å². The van der Waals surface area contributed by atoms with Crippen LogP contribution in [0.4, 0.5) is 0 Å². The molecule has 1 unspecified atom stereocenters. The third kappa shape index (κ3) is 3.66. The summed E-state index contributed by atoms with van der Waals surface area (Å²) in [5.74, 6) is -1.61. The standard InChI is InChI=1S/C22H30N2O6/c1-4-7-8-11-28-21(5-2,20(26)27-6-3)17-14-18-22(29-12-13-30-22)9-10-24(18)19(25)16(17)15-23/h14H,4-13H2,1-3H3. The summed E-state index contributed by atoms with van der Waals surface area (Å²) in [6.45, 7) is 7.31. The van der Waals surface area contributed by atoms with Crippen molar-refractivity contribution < 1.29 is 23.7 Å². The minimum absolute atomic E-state index is 0.0980. The van der Waals surface area contributed by atoms with E-state index in [9.17, 15) is 14.9 Å². The highest BCUT2D eigenvalue weighted by Crippen LogP contribution is 2.42. The van der Waals surface area contributed by atoms with E-state index in [4.69, 9.17) is 18.9 Å². The Kier molecular flexibility index (Phi) is 6.96. The Balaban J connectivity index is 2.17. The van der Waals surface area contributed by atoms with Gasteiger partial charge in [-0.1, -0.05) is 26.7 Å². The van der Waals surface area contributed by atoms with Crippen LogP contribution < -0.4 is 5.56 Å². The fourth-order valence-electron chi connectivity index (χ4n) is 4.27. The maximum atomic E-state index is 13.2. The van der Waals surface area contributed by atoms with Crippen molar-refractivity contribution in [3.05, 3.63) is 33.2 Å². The Labute approximate surface area is 176 Å². The summed E-state index contributed by atoms with van der Waals surface area (Å²) in [4.78, 5) is 26.3. The summed E-state index contributed by atoms with van der Waals surface area (Å²) < 4.78 is 24.7. The zero-order valence-corrected chi connectivity index (χ0v) is 18.0. The van der Waals surface area contributed by atoms with Gasteiger partial charge in [0.1, 0.15) is 11.6 Å². The average molecular weight is 418 g/mol. The maximum absolute atomic E-state index is 13.2. The summed E-state index contributed by atoms with van der Waals surface area (Å²) in [5.41, 5.74) is -1.33. The highest BCUT2D eigenvalue weighted by Gasteiger charge is 2.50. The quantitative estimate of drug-likeness (QED) is 0.449. The number of hydrogen-bond acceptors (Lipinski definition) is 7. The van der Waals surface area contributed by atoms with Crippen molar-refractivity contribution in [3.63, 3.8) is 0 Å². The summed E-state index contributed by atoms with van der Waals surface area (Å²) >= 11 is 0. The van der Waals surface area contributed by atoms with Gasteiger partial charge in [0.05, 0.1) is 25.5 Å². The Morgan fingerprint density at radius 1 is 1.30 bits per heavy atom. The van der Waals surface area contributed by atoms with Gasteiger partial charge in [0.15, 0.2) is 5.60 Å². The van der Waals surface area contributed by atoms with Crippen molar-refractivity contribution in [2.45, 2.75) is 70.8 Å². The van der Waals surface area contributed by atoms with Gasteiger partial charge in [0.25, 0.3) is 5.56 Å². The number of aromatic nitrogens is 1. The van der Waals surface area contributed by atoms with Crippen molar-refractivity contribution in [2.24, 2.45) is 0 Å². The summed E-state index contributed by atoms with van der Waals surface area (Å²) in [5, 5.41) is 9.83. The molecule has 1 saturated heterocycles. The van der Waals surface area contributed by atoms with E-state index in [0.29, 0.717) is 38.5 Å². The first kappa shape index (κ1) is 22.5. The van der Waals surface area contributed by atoms with Gasteiger partial charge in [0.2, 0.25) is 5.79 Å². The Hall–Kier alpha value is -2.21. The summed E-state index contributed by atoms with van der Waals surface area (Å²) in [6.07, 6.45) is 3.42. The molecular formula is C22H30N2O6. The van der Waals surface area contributed by atoms with Crippen molar-refractivity contribution in [3.8, 4) is 6.07 Å². The number of rotatable bonds is 9. The number of esters is 1. The van der Waals surface area contributed by atoms with E-state index in [-0.39, 0.29) is 24.2 Å². The predicted molar refractivity (Wildman–Crippen MR) is 108 cm³/mol. The largest absolute Gasteiger partial charge is 0.464 e. The maximum Gasteiger partial charge on any atom is 0.343 e. The molecule has 2 aliphatic heterocycles. The highest BCUT2D eigenvalue weighted by molar-refractivity contribution is 5.82. The number of fused-ring (bicyclic) bond motifs is 2. The number of pyridine rings is 1. The molecule has 30 heavy (non-hydrogen) atoms. The topological polar surface area (TPSA) is 99.8 Å². The van der Waals surface area contributed by atoms with Crippen LogP contribution >= 0.6 is 0 Å². The molecule has 0 N–H and O–H groups in total. The van der Waals surface area contributed by atoms with Crippen LogP contribution in [0.15, 0.2) is 10.9 Å². The van der Waals surface area contributed by atoms with Crippen LogP contribution in [0, 0.1) is 11.3 Å². The number of nitriles is 1. The lowest BCUT2D eigenvalue weighted by Gasteiger charge is -2.33. The fraction of sp³-hybridized carbons (Fsp3) is 0.682. The minimum Gasteiger partial charge on any atom is -0.464 e. The van der Waals surface area contributed by atoms with Crippen molar-refractivity contribution in [2.75, 3.05) is 26.4 Å². The minimum atomic E-state index is -1.54. The van der Waals surface area contributed by atoms with Gasteiger partial charge in [0, 0.05) is 25.1 Å². The molecule has 8 heteroatoms. The molecule has 0 bridgehead atoms. The van der Waals surface area contributed by atoms with Crippen molar-refractivity contribution >= 4 is 5.97 Å². The lowest BCUT2D eigenvalue weighted by atomic mass is 9.87. The summed E-state index contributed by atoms with van der Waals surface area (Å²) in [7, 11) is 0. The normalized spacial score (nSPS) is 18.7. The lowest BCUT2D eigenvalue weighted by molar-refractivity contribution is -0.176. The van der Waals surface area contributed by atoms with Gasteiger partial charge in [-0.05, 0) is 25.8 Å². The zero-order chi connectivity index (χ0) is 21.8. The molecule has 0 saturated carbocycles. The van der Waals surface area contributed by atoms with Gasteiger partial charge >= 0.3 is 5.97 Å². The predicted octanol–water partition coefficient (Wildman–Crippen LogP) is 2.70. The number of hydrogen-bond donors (Lipinski definition) is 0. The molecule has 0 aromatic carbocycles. The van der Waals surface area contributed by atoms with E-state index in [2.05, 4.69) is 6.92 Å². The van der Waals surface area contributed by atoms with Gasteiger partial charge in [-0.25, -0.2) is 4.79 Å². The molecule has 3 heterocycles. The fourth-order valence-corrected chi connectivity index (χ4v) is 4.27. The monoisotopic (exact) mass is 418 g/mol. The molecule has 0 aliphatic carbocycles. The molecule has 1 atom stereocenters. The number of carbonyl (C=O) groups is 1. The van der Waals surface area contributed by atoms with Gasteiger partial charge in [-0.3, -0.25) is 4.79 Å². The summed E-state index contributed by atoms with van der Waals surface area (Å²) in [6, 6.07) is 3.69. The first-order chi connectivity index (χ1) is 14.5. The smallest absolute Gasteiger partial charge is 0.343 e. The molecular weight excluding hydrogens is 388 g/mol. The second-order valence-corrected chi connectivity index (χ2v) is 7.54. The Bertz CT molecular complexity index is 881. The first-order valence-electron chi connectivity index (χ1n) is 10.8. The SMILES string of the molecule is CCCCCOC(CC)(C(=O)OCC)c1cc2n(c(=O)c1C#N)CCC21OCCO1. The molecule has 2 aliphatic rings. The van der Waals surface area contributed by atoms with Crippen LogP contribution in [0.3, 0.4) is 0 Å². The first-order valence-corrected chi connectivity index (χ1v) is 10.8. The van der Waals surface area contributed by atoms with E-state index >= 15 is 0 Å². The number of carbonyl (C=O) groups excluding carboxylic acids is 1. The Morgan fingerprint density at radius 2 is 2.03 bits per heavy atom. The van der Waals surface area contributed by atoms with Crippen LogP contribution in [0.2, 0.25) is 0 Å². The second kappa shape index (κ2) is 9.29. The molecule has 1 aromatic rings. The van der Waals surface area contributed by atoms with Crippen LogP contribution in [0.5, 0.6) is 0 Å². The number of nitrogens with zero attached hydrogens (tertiary/aromatic N) is 2. The lowest BCUT2D eigenvalue weighted by Crippen LogP contribution is -2.43. The van der Waals surface area contributed by atoms with Crippen molar-refractivity contribution in [1.29, 1.82) is 5.26 Å². The second-order valence-electron chi connectivity index (χ2n) is 7.54. The Morgan fingerprint density at radius 3 is 2.63 bits per heavy atom. The molecule has 8 nitrogen and oxygen atoms in total. The van der Waals surface area contributed by atoms with Crippen LogP contribution in [-0.2, 0) is 41.7 Å². The highest BCUT2D eigenvalue weighted by atomic mass is 16.7. The van der Waals surface area contributed by atoms with E-state index in [0.717, 1.165) is 19.3 Å². The average Bonchev–Trinajstić information content (AvgIpc) is 3.37. The molecule has 3 rings (SSSR count). The van der Waals surface area contributed by atoms with Gasteiger partial charge in [-0.15, -0.1) is 0 Å². The van der Waals surface area contributed by atoms with Crippen LogP contribution in [0.25, 0.3) is 0 Å². The van der Waals surface area contributed by atoms with E-state index < -0.39 is 22.9 Å². The van der Waals surface area contributed by atoms with Crippen LogP contribution in [0.1, 0.15) is 69.7 Å². The zero-order valence-electron chi connectivity index (χ0n) is 18.0. The van der Waals surface area contributed by atoms with Crippen LogP contribution in [-0.4, -0.2) is 37.0 Å². The van der Waals surface area contributed by atoms with E-state index in [1.165, 1.54) is 4.57 Å². The molecule has 0 amide bonds. The van der Waals surface area contributed by atoms with Gasteiger partial charge < -0.3 is 23.5 Å². The van der Waals surface area contributed by atoms with E-state index in [1.807, 2.05) is 6.07 Å². The van der Waals surface area contributed by atoms with E-state index in [1.54, 1.807) is 19.9 Å². The molecule has 1 spiro atoms. The van der Waals surface area contributed by atoms with Crippen molar-refractivity contribution in [1.82, 2.24) is 4.57 Å². The molecule has 1 aromatic heterocycles. The third-order valence-electron chi connectivity index (χ3n) is 5.86. The molecule has 1 fully saturated rings. The third-order valence-corrected chi connectivity index (χ3v) is 5.86. The number of ether oxygens (including phenoxy) is 4. The molecule has 0 radical (unpaired) electrons. The number of unbranched alkanes of at least 4 members (excludes halogenated alkanes) is 2. The molecule has 164 valence electrons.